The molecule has 0 fully saturated rings. The van der Waals surface area contributed by atoms with Crippen LogP contribution in [0.15, 0.2) is 53.3 Å². The van der Waals surface area contributed by atoms with Gasteiger partial charge in [0.15, 0.2) is 17.6 Å². The van der Waals surface area contributed by atoms with Gasteiger partial charge in [0.25, 0.3) is 5.56 Å². The Balaban J connectivity index is 1.74. The van der Waals surface area contributed by atoms with Crippen LogP contribution in [-0.2, 0) is 11.8 Å². The number of rotatable bonds is 4. The lowest BCUT2D eigenvalue weighted by atomic mass is 10.1. The van der Waals surface area contributed by atoms with E-state index in [1.165, 1.54) is 20.0 Å². The zero-order valence-electron chi connectivity index (χ0n) is 15.5. The number of carbonyl (C=O) groups excluding carboxylic acids is 1. The zero-order chi connectivity index (χ0) is 20.7. The van der Waals surface area contributed by atoms with Crippen molar-refractivity contribution in [2.45, 2.75) is 19.6 Å². The predicted octanol–water partition coefficient (Wildman–Crippen LogP) is 3.60. The van der Waals surface area contributed by atoms with Gasteiger partial charge in [-0.2, -0.15) is 13.9 Å². The second kappa shape index (κ2) is 7.08. The van der Waals surface area contributed by atoms with Crippen molar-refractivity contribution in [3.8, 4) is 0 Å². The summed E-state index contributed by atoms with van der Waals surface area (Å²) in [6.07, 6.45) is -1.07. The van der Waals surface area contributed by atoms with Gasteiger partial charge < -0.3 is 4.74 Å². The summed E-state index contributed by atoms with van der Waals surface area (Å²) in [5, 5.41) is 4.64. The first-order valence-electron chi connectivity index (χ1n) is 8.80. The van der Waals surface area contributed by atoms with Gasteiger partial charge in [0, 0.05) is 12.4 Å². The molecule has 4 aromatic rings. The van der Waals surface area contributed by atoms with Crippen LogP contribution in [0.3, 0.4) is 0 Å². The van der Waals surface area contributed by atoms with E-state index in [1.54, 1.807) is 42.5 Å². The Kier molecular flexibility index (Phi) is 4.57. The molecule has 1 unspecified atom stereocenters. The fourth-order valence-corrected chi connectivity index (χ4v) is 3.27. The van der Waals surface area contributed by atoms with Gasteiger partial charge in [-0.15, -0.1) is 0 Å². The number of hydrogen-bond acceptors (Lipinski definition) is 5. The van der Waals surface area contributed by atoms with Crippen molar-refractivity contribution in [1.82, 2.24) is 19.3 Å². The minimum absolute atomic E-state index is 0.0748. The van der Waals surface area contributed by atoms with Crippen LogP contribution in [0.1, 0.15) is 35.9 Å². The molecule has 0 saturated heterocycles. The van der Waals surface area contributed by atoms with Gasteiger partial charge >= 0.3 is 12.5 Å². The predicted molar refractivity (Wildman–Crippen MR) is 102 cm³/mol. The first kappa shape index (κ1) is 18.7. The normalized spacial score (nSPS) is 12.6. The number of para-hydroxylation sites is 2. The first-order chi connectivity index (χ1) is 13.9. The maximum atomic E-state index is 13.6. The third kappa shape index (κ3) is 3.14. The van der Waals surface area contributed by atoms with E-state index < -0.39 is 18.6 Å². The smallest absolute Gasteiger partial charge is 0.360 e. The lowest BCUT2D eigenvalue weighted by molar-refractivity contribution is 0.0227. The summed E-state index contributed by atoms with van der Waals surface area (Å²) >= 11 is 0. The molecule has 0 bridgehead atoms. The Hall–Kier alpha value is -3.62. The molecule has 0 aliphatic carbocycles. The average Bonchev–Trinajstić information content (AvgIpc) is 3.10. The van der Waals surface area contributed by atoms with Crippen molar-refractivity contribution < 1.29 is 18.3 Å². The number of hydrogen-bond donors (Lipinski definition) is 0. The lowest BCUT2D eigenvalue weighted by Crippen LogP contribution is -2.24. The van der Waals surface area contributed by atoms with Crippen LogP contribution in [0.4, 0.5) is 8.78 Å². The SMILES string of the molecule is CC(OC(=O)c1nn(C)c(=O)c2ccccc12)c1nc2ccccc2n1C(F)F. The number of halogens is 2. The molecule has 0 aliphatic rings. The third-order valence-corrected chi connectivity index (χ3v) is 4.62. The Labute approximate surface area is 163 Å². The van der Waals surface area contributed by atoms with E-state index in [4.69, 9.17) is 4.74 Å². The van der Waals surface area contributed by atoms with Crippen LogP contribution in [0.2, 0.25) is 0 Å². The van der Waals surface area contributed by atoms with Crippen LogP contribution in [0.25, 0.3) is 21.8 Å². The molecule has 0 radical (unpaired) electrons. The topological polar surface area (TPSA) is 79.0 Å². The van der Waals surface area contributed by atoms with E-state index in [1.807, 2.05) is 0 Å². The standard InChI is InChI=1S/C20H16F2N4O3/c1-11(17-23-14-9-5-6-10-15(14)26(17)20(21)22)29-19(28)16-12-7-3-4-8-13(12)18(27)25(2)24-16/h3-11,20H,1-2H3. The van der Waals surface area contributed by atoms with Gasteiger partial charge in [-0.05, 0) is 25.1 Å². The van der Waals surface area contributed by atoms with Crippen LogP contribution < -0.4 is 5.56 Å². The summed E-state index contributed by atoms with van der Waals surface area (Å²) in [5.74, 6) is -0.916. The maximum absolute atomic E-state index is 13.6. The second-order valence-electron chi connectivity index (χ2n) is 6.48. The van der Waals surface area contributed by atoms with E-state index in [2.05, 4.69) is 10.1 Å². The number of aromatic nitrogens is 4. The van der Waals surface area contributed by atoms with E-state index >= 15 is 0 Å². The number of esters is 1. The highest BCUT2D eigenvalue weighted by atomic mass is 19.3. The molecule has 0 amide bonds. The van der Waals surface area contributed by atoms with Crippen molar-refractivity contribution in [1.29, 1.82) is 0 Å². The molecule has 0 aliphatic heterocycles. The summed E-state index contributed by atoms with van der Waals surface area (Å²) < 4.78 is 34.5. The number of fused-ring (bicyclic) bond motifs is 2. The van der Waals surface area contributed by atoms with Crippen LogP contribution in [0.5, 0.6) is 0 Å². The number of aryl methyl sites for hydroxylation is 1. The lowest BCUT2D eigenvalue weighted by Gasteiger charge is -2.15. The van der Waals surface area contributed by atoms with Crippen molar-refractivity contribution >= 4 is 27.8 Å². The largest absolute Gasteiger partial charge is 0.450 e. The van der Waals surface area contributed by atoms with Gasteiger partial charge in [0.1, 0.15) is 0 Å². The van der Waals surface area contributed by atoms with Gasteiger partial charge in [0.2, 0.25) is 0 Å². The molecule has 4 rings (SSSR count). The zero-order valence-corrected chi connectivity index (χ0v) is 15.5. The highest BCUT2D eigenvalue weighted by Crippen LogP contribution is 2.29. The molecular formula is C20H16F2N4O3. The fraction of sp³-hybridized carbons (Fsp3) is 0.200. The minimum Gasteiger partial charge on any atom is -0.450 e. The summed E-state index contributed by atoms with van der Waals surface area (Å²) in [4.78, 5) is 29.2. The van der Waals surface area contributed by atoms with E-state index in [9.17, 15) is 18.4 Å². The summed E-state index contributed by atoms with van der Waals surface area (Å²) in [6, 6.07) is 12.9. The molecule has 1 atom stereocenters. The molecule has 9 heteroatoms. The van der Waals surface area contributed by atoms with Gasteiger partial charge in [0.05, 0.1) is 16.4 Å². The minimum atomic E-state index is -2.85. The first-order valence-corrected chi connectivity index (χ1v) is 8.80. The Morgan fingerprint density at radius 3 is 2.45 bits per heavy atom. The van der Waals surface area contributed by atoms with Crippen LogP contribution in [0, 0.1) is 0 Å². The maximum Gasteiger partial charge on any atom is 0.360 e. The molecule has 0 N–H and O–H groups in total. The van der Waals surface area contributed by atoms with Crippen LogP contribution >= 0.6 is 0 Å². The van der Waals surface area contributed by atoms with E-state index in [0.717, 1.165) is 9.25 Å². The summed E-state index contributed by atoms with van der Waals surface area (Å²) in [7, 11) is 1.42. The molecule has 2 aromatic heterocycles. The molecule has 0 saturated carbocycles. The Morgan fingerprint density at radius 2 is 1.72 bits per heavy atom. The quantitative estimate of drug-likeness (QED) is 0.491. The number of benzene rings is 2. The van der Waals surface area contributed by atoms with Crippen molar-refractivity contribution in [3.05, 3.63) is 70.4 Å². The molecule has 29 heavy (non-hydrogen) atoms. The number of alkyl halides is 2. The number of ether oxygens (including phenoxy) is 1. The summed E-state index contributed by atoms with van der Waals surface area (Å²) in [6.45, 7) is -1.39. The summed E-state index contributed by atoms with van der Waals surface area (Å²) in [5.41, 5.74) is 0.182. The Bertz CT molecular complexity index is 1300. The average molecular weight is 398 g/mol. The van der Waals surface area contributed by atoms with E-state index in [0.29, 0.717) is 16.3 Å². The highest BCUT2D eigenvalue weighted by Gasteiger charge is 2.26. The number of imidazole rings is 1. The van der Waals surface area contributed by atoms with Gasteiger partial charge in [-0.1, -0.05) is 30.3 Å². The fourth-order valence-electron chi connectivity index (χ4n) is 3.27. The molecule has 0 spiro atoms. The van der Waals surface area contributed by atoms with E-state index in [-0.39, 0.29) is 22.6 Å². The van der Waals surface area contributed by atoms with Crippen LogP contribution in [-0.4, -0.2) is 25.3 Å². The second-order valence-corrected chi connectivity index (χ2v) is 6.48. The number of carbonyl (C=O) groups is 1. The third-order valence-electron chi connectivity index (χ3n) is 4.62. The Morgan fingerprint density at radius 1 is 1.07 bits per heavy atom. The van der Waals surface area contributed by atoms with Crippen molar-refractivity contribution in [2.75, 3.05) is 0 Å². The number of nitrogens with zero attached hydrogens (tertiary/aromatic N) is 4. The highest BCUT2D eigenvalue weighted by molar-refractivity contribution is 6.02. The molecule has 7 nitrogen and oxygen atoms in total. The van der Waals surface area contributed by atoms with Crippen molar-refractivity contribution in [3.63, 3.8) is 0 Å². The van der Waals surface area contributed by atoms with Gasteiger partial charge in [-0.3, -0.25) is 9.36 Å². The molecule has 2 heterocycles. The molecular weight excluding hydrogens is 382 g/mol. The van der Waals surface area contributed by atoms with Gasteiger partial charge in [-0.25, -0.2) is 14.5 Å². The molecule has 148 valence electrons. The molecule has 2 aromatic carbocycles. The van der Waals surface area contributed by atoms with Crippen molar-refractivity contribution in [2.24, 2.45) is 7.05 Å². The monoisotopic (exact) mass is 398 g/mol.